The molecule has 0 aliphatic carbocycles. The number of fused-ring (bicyclic) bond motifs is 1. The minimum Gasteiger partial charge on any atom is -0.469 e. The van der Waals surface area contributed by atoms with Gasteiger partial charge in [-0.1, -0.05) is 13.0 Å². The average Bonchev–Trinajstić information content (AvgIpc) is 3.30. The van der Waals surface area contributed by atoms with Crippen LogP contribution in [0.5, 0.6) is 0 Å². The fourth-order valence-corrected chi connectivity index (χ4v) is 5.02. The van der Waals surface area contributed by atoms with E-state index in [1.165, 1.54) is 29.5 Å². The second-order valence-corrected chi connectivity index (χ2v) is 8.30. The lowest BCUT2D eigenvalue weighted by Crippen LogP contribution is -2.57. The zero-order valence-corrected chi connectivity index (χ0v) is 17.6. The Morgan fingerprint density at radius 1 is 1.28 bits per heavy atom. The largest absolute Gasteiger partial charge is 0.469 e. The Morgan fingerprint density at radius 3 is 2.76 bits per heavy atom. The van der Waals surface area contributed by atoms with Crippen molar-refractivity contribution in [3.63, 3.8) is 0 Å². The van der Waals surface area contributed by atoms with Gasteiger partial charge in [0, 0.05) is 26.1 Å². The summed E-state index contributed by atoms with van der Waals surface area (Å²) in [7, 11) is 1.38. The maximum absolute atomic E-state index is 12.6. The van der Waals surface area contributed by atoms with Crippen molar-refractivity contribution >= 4 is 34.6 Å². The van der Waals surface area contributed by atoms with Crippen LogP contribution in [0.25, 0.3) is 11.0 Å². The van der Waals surface area contributed by atoms with Gasteiger partial charge in [0.05, 0.1) is 36.9 Å². The molecule has 0 radical (unpaired) electrons. The molecule has 2 fully saturated rings. The summed E-state index contributed by atoms with van der Waals surface area (Å²) in [6.07, 6.45) is 2.33. The number of hydrogen-bond donors (Lipinski definition) is 0. The van der Waals surface area contributed by atoms with Crippen LogP contribution >= 0.6 is 11.7 Å². The monoisotopic (exact) mass is 418 g/mol. The van der Waals surface area contributed by atoms with Gasteiger partial charge in [-0.3, -0.25) is 19.3 Å². The average molecular weight is 419 g/mol. The first-order chi connectivity index (χ1) is 14.1. The maximum Gasteiger partial charge on any atom is 0.311 e. The van der Waals surface area contributed by atoms with Crippen LogP contribution in [0.3, 0.4) is 0 Å². The first kappa shape index (κ1) is 20.2. The van der Waals surface area contributed by atoms with E-state index in [1.807, 2.05) is 13.0 Å². The quantitative estimate of drug-likeness (QED) is 0.666. The molecular weight excluding hydrogens is 392 g/mol. The number of esters is 1. The van der Waals surface area contributed by atoms with Gasteiger partial charge in [-0.15, -0.1) is 0 Å². The third kappa shape index (κ3) is 3.74. The zero-order chi connectivity index (χ0) is 20.4. The van der Waals surface area contributed by atoms with Gasteiger partial charge < -0.3 is 4.74 Å². The number of methoxy groups -OCH3 is 1. The molecule has 2 saturated heterocycles. The summed E-state index contributed by atoms with van der Waals surface area (Å²) < 4.78 is 13.6. The van der Waals surface area contributed by atoms with Crippen molar-refractivity contribution < 1.29 is 19.2 Å². The summed E-state index contributed by atoms with van der Waals surface area (Å²) in [6, 6.07) is 6.17. The zero-order valence-electron chi connectivity index (χ0n) is 16.8. The SMILES string of the molecule is CCCON1C(=O)CC(C(=O)OC)C12CCN(Cc1ccc3nsnc3c1)CC2. The Kier molecular flexibility index (Phi) is 5.80. The molecular formula is C20H26N4O4S. The van der Waals surface area contributed by atoms with Gasteiger partial charge in [0.1, 0.15) is 11.0 Å². The molecule has 9 heteroatoms. The number of hydroxylamine groups is 2. The first-order valence-corrected chi connectivity index (χ1v) is 10.8. The maximum atomic E-state index is 12.6. The highest BCUT2D eigenvalue weighted by atomic mass is 32.1. The number of aromatic nitrogens is 2. The van der Waals surface area contributed by atoms with Crippen LogP contribution in [0.15, 0.2) is 18.2 Å². The van der Waals surface area contributed by atoms with Crippen molar-refractivity contribution in [2.24, 2.45) is 5.92 Å². The number of likely N-dealkylation sites (tertiary alicyclic amines) is 1. The first-order valence-electron chi connectivity index (χ1n) is 10.0. The third-order valence-corrected chi connectivity index (χ3v) is 6.57. The lowest BCUT2D eigenvalue weighted by atomic mass is 9.77. The van der Waals surface area contributed by atoms with Gasteiger partial charge in [-0.25, -0.2) is 5.06 Å². The van der Waals surface area contributed by atoms with Crippen molar-refractivity contribution in [3.8, 4) is 0 Å². The highest BCUT2D eigenvalue weighted by Crippen LogP contribution is 2.44. The minimum absolute atomic E-state index is 0.121. The number of nitrogens with zero attached hydrogens (tertiary/aromatic N) is 4. The van der Waals surface area contributed by atoms with E-state index in [2.05, 4.69) is 25.8 Å². The van der Waals surface area contributed by atoms with Gasteiger partial charge >= 0.3 is 5.97 Å². The molecule has 1 aromatic heterocycles. The highest BCUT2D eigenvalue weighted by molar-refractivity contribution is 7.00. The van der Waals surface area contributed by atoms with Crippen LogP contribution in [0.4, 0.5) is 0 Å². The summed E-state index contributed by atoms with van der Waals surface area (Å²) >= 11 is 1.22. The predicted molar refractivity (Wildman–Crippen MR) is 108 cm³/mol. The van der Waals surface area contributed by atoms with Crippen LogP contribution in [-0.4, -0.2) is 62.9 Å². The number of rotatable bonds is 6. The fourth-order valence-electron chi connectivity index (χ4n) is 4.50. The summed E-state index contributed by atoms with van der Waals surface area (Å²) in [5.74, 6) is -0.920. The number of ether oxygens (including phenoxy) is 1. The van der Waals surface area contributed by atoms with Crippen molar-refractivity contribution in [1.82, 2.24) is 18.7 Å². The molecule has 3 heterocycles. The standard InChI is InChI=1S/C20H26N4O4S/c1-3-10-28-24-18(25)12-15(19(26)27-2)20(24)6-8-23(9-7-20)13-14-4-5-16-17(11-14)22-29-21-16/h4-5,11,15H,3,6-10,12-13H2,1-2H3. The molecule has 29 heavy (non-hydrogen) atoms. The minimum atomic E-state index is -0.612. The molecule has 8 nitrogen and oxygen atoms in total. The molecule has 1 atom stereocenters. The van der Waals surface area contributed by atoms with E-state index < -0.39 is 11.5 Å². The lowest BCUT2D eigenvalue weighted by Gasteiger charge is -2.45. The van der Waals surface area contributed by atoms with Crippen LogP contribution in [0, 0.1) is 5.92 Å². The molecule has 4 rings (SSSR count). The number of hydrogen-bond acceptors (Lipinski definition) is 8. The smallest absolute Gasteiger partial charge is 0.311 e. The number of piperidine rings is 1. The van der Waals surface area contributed by atoms with Crippen molar-refractivity contribution in [1.29, 1.82) is 0 Å². The van der Waals surface area contributed by atoms with E-state index in [1.54, 1.807) is 0 Å². The Bertz CT molecular complexity index is 893. The molecule has 2 aliphatic heterocycles. The van der Waals surface area contributed by atoms with Gasteiger partial charge in [-0.05, 0) is 37.0 Å². The molecule has 156 valence electrons. The second-order valence-electron chi connectivity index (χ2n) is 7.77. The molecule has 2 aromatic rings. The number of carbonyl (C=O) groups is 2. The Labute approximate surface area is 174 Å². The molecule has 1 aromatic carbocycles. The van der Waals surface area contributed by atoms with Crippen molar-refractivity contribution in [2.75, 3.05) is 26.8 Å². The Hall–Kier alpha value is -2.10. The normalized spacial score (nSPS) is 21.9. The summed E-state index contributed by atoms with van der Waals surface area (Å²) in [4.78, 5) is 33.2. The van der Waals surface area contributed by atoms with E-state index in [9.17, 15) is 9.59 Å². The molecule has 1 unspecified atom stereocenters. The summed E-state index contributed by atoms with van der Waals surface area (Å²) in [5.41, 5.74) is 2.42. The molecule has 0 bridgehead atoms. The summed E-state index contributed by atoms with van der Waals surface area (Å²) in [5, 5.41) is 1.50. The second kappa shape index (κ2) is 8.33. The van der Waals surface area contributed by atoms with E-state index in [0.717, 1.165) is 37.1 Å². The van der Waals surface area contributed by atoms with Crippen LogP contribution in [0.1, 0.15) is 38.2 Å². The number of amides is 1. The Balaban J connectivity index is 1.49. The van der Waals surface area contributed by atoms with E-state index in [4.69, 9.17) is 9.57 Å². The topological polar surface area (TPSA) is 84.9 Å². The molecule has 0 saturated carbocycles. The highest BCUT2D eigenvalue weighted by Gasteiger charge is 2.58. The van der Waals surface area contributed by atoms with Gasteiger partial charge in [0.15, 0.2) is 0 Å². The van der Waals surface area contributed by atoms with E-state index in [0.29, 0.717) is 19.4 Å². The molecule has 2 aliphatic rings. The Morgan fingerprint density at radius 2 is 2.03 bits per heavy atom. The van der Waals surface area contributed by atoms with Crippen LogP contribution in [0.2, 0.25) is 0 Å². The number of carbonyl (C=O) groups excluding carboxylic acids is 2. The van der Waals surface area contributed by atoms with Crippen molar-refractivity contribution in [2.45, 2.75) is 44.7 Å². The fraction of sp³-hybridized carbons (Fsp3) is 0.600. The summed E-state index contributed by atoms with van der Waals surface area (Å²) in [6.45, 7) is 4.82. The molecule has 0 N–H and O–H groups in total. The molecule has 1 amide bonds. The van der Waals surface area contributed by atoms with Crippen LogP contribution < -0.4 is 0 Å². The van der Waals surface area contributed by atoms with E-state index >= 15 is 0 Å². The van der Waals surface area contributed by atoms with E-state index in [-0.39, 0.29) is 18.3 Å². The van der Waals surface area contributed by atoms with Crippen LogP contribution in [-0.2, 0) is 25.7 Å². The van der Waals surface area contributed by atoms with Gasteiger partial charge in [0.25, 0.3) is 0 Å². The van der Waals surface area contributed by atoms with Crippen molar-refractivity contribution in [3.05, 3.63) is 23.8 Å². The number of benzene rings is 1. The lowest BCUT2D eigenvalue weighted by molar-refractivity contribution is -0.223. The third-order valence-electron chi connectivity index (χ3n) is 6.01. The van der Waals surface area contributed by atoms with Gasteiger partial charge in [0.2, 0.25) is 5.91 Å². The molecule has 1 spiro atoms. The predicted octanol–water partition coefficient (Wildman–Crippen LogP) is 2.39. The van der Waals surface area contributed by atoms with Gasteiger partial charge in [-0.2, -0.15) is 8.75 Å².